The molecule has 145 heavy (non-hydrogen) atoms. The first-order valence-electron chi connectivity index (χ1n) is 49.0. The predicted octanol–water partition coefficient (Wildman–Crippen LogP) is 36.2. The summed E-state index contributed by atoms with van der Waals surface area (Å²) in [6.07, 6.45) is 0. The summed E-state index contributed by atoms with van der Waals surface area (Å²) in [4.78, 5) is 12.8. The van der Waals surface area contributed by atoms with E-state index in [1.54, 1.807) is 0 Å². The van der Waals surface area contributed by atoms with E-state index in [0.29, 0.717) is 50.8 Å². The van der Waals surface area contributed by atoms with Crippen LogP contribution in [0, 0.1) is 60.6 Å². The molecule has 0 N–H and O–H groups in total. The van der Waals surface area contributed by atoms with Crippen molar-refractivity contribution < 1.29 is 0 Å². The zero-order valence-corrected chi connectivity index (χ0v) is 80.9. The van der Waals surface area contributed by atoms with Crippen LogP contribution in [0.4, 0.5) is 17.1 Å². The molecular weight excluding hydrogens is 1760 g/mol. The zero-order valence-electron chi connectivity index (χ0n) is 80.9. The van der Waals surface area contributed by atoms with Gasteiger partial charge >= 0.3 is 0 Å². The van der Waals surface area contributed by atoms with Gasteiger partial charge in [-0.05, 0) is 212 Å². The van der Waals surface area contributed by atoms with Crippen LogP contribution in [0.25, 0.3) is 219 Å². The summed E-state index contributed by atoms with van der Waals surface area (Å²) in [5.41, 5.74) is 40.7. The molecule has 680 valence electrons. The second-order valence-corrected chi connectivity index (χ2v) is 39.3. The van der Waals surface area contributed by atoms with Crippen molar-refractivity contribution in [3.8, 4) is 158 Å². The molecule has 0 spiro atoms. The van der Waals surface area contributed by atoms with Crippen LogP contribution in [0.3, 0.4) is 0 Å². The number of rotatable bonds is 11. The fourth-order valence-corrected chi connectivity index (χ4v) is 23.9. The van der Waals surface area contributed by atoms with E-state index >= 15 is 0 Å². The van der Waals surface area contributed by atoms with Gasteiger partial charge in [0.2, 0.25) is 17.1 Å². The lowest BCUT2D eigenvalue weighted by Crippen LogP contribution is -2.15. The molecule has 0 bridgehead atoms. The highest BCUT2D eigenvalue weighted by Crippen LogP contribution is 2.60. The van der Waals surface area contributed by atoms with Crippen molar-refractivity contribution in [1.82, 2.24) is 13.7 Å². The van der Waals surface area contributed by atoms with Gasteiger partial charge in [0.05, 0.1) is 86.6 Å². The largest absolute Gasteiger partial charge is 0.318 e. The number of benzene rings is 20. The zero-order chi connectivity index (χ0) is 98.8. The van der Waals surface area contributed by atoms with Crippen molar-refractivity contribution in [3.63, 3.8) is 0 Å². The summed E-state index contributed by atoms with van der Waals surface area (Å²) >= 11 is 0. The number of hydrogen-bond donors (Lipinski definition) is 0. The van der Waals surface area contributed by atoms with E-state index in [1.807, 2.05) is 183 Å². The van der Waals surface area contributed by atoms with Crippen molar-refractivity contribution in [2.75, 3.05) is 0 Å². The molecule has 23 aromatic rings. The summed E-state index contributed by atoms with van der Waals surface area (Å²) < 4.78 is 6.57. The molecule has 26 rings (SSSR count). The van der Waals surface area contributed by atoms with E-state index in [0.717, 1.165) is 160 Å². The Hall–Kier alpha value is -19.3. The number of nitriles is 3. The molecule has 0 fully saturated rings. The topological polar surface area (TPSA) is 99.2 Å². The van der Waals surface area contributed by atoms with E-state index < -0.39 is 0 Å². The van der Waals surface area contributed by atoms with Crippen LogP contribution in [-0.4, -0.2) is 13.7 Å². The minimum Gasteiger partial charge on any atom is -0.318 e. The average Bonchev–Trinajstić information content (AvgIpc) is 1.57. The van der Waals surface area contributed by atoms with Crippen LogP contribution in [0.15, 0.2) is 425 Å². The molecule has 0 unspecified atom stereocenters. The van der Waals surface area contributed by atoms with Crippen molar-refractivity contribution in [1.29, 1.82) is 15.8 Å². The maximum Gasteiger partial charge on any atom is 0.220 e. The Morgan fingerprint density at radius 3 is 0.841 bits per heavy atom. The standard InChI is InChI=1S/C53H35N3.C42H29N3.C41H27N3/c1-53(2)44-25-15-13-23-39(44)41-31-42-40-24-14-16-26-46(40)56(47(42)32-45(41)53)52-43(33-54)48(36-19-9-5-10-20-36)49(50(51(52)55-3)37-21-11-6-12-22-37)38-29-27-35(28-30-38)34-17-7-4-8-18-34;1-26-38(27-15-7-5-8-16-27)33(25-43)41(40(44-4)39(26)28-17-9-6-10-18-28)45-36-22-14-12-20-30(36)32-23-31-29-19-11-13-21-34(29)42(2,3)35(31)24-37(32)45;1-41(2)35-20-12-10-18-28(35)32-23-33-29-19-11-13-21-37(29)44(38(33)24-36(32)41)40-34(25-42)30(26-14-6-4-7-15-26)22-31(39(40)43-3)27-16-8-5-9-17-27/h4-32H,1-2H3;5-24H,1-3H3;4-24H,1-2H3. The third-order valence-electron chi connectivity index (χ3n) is 30.6. The van der Waals surface area contributed by atoms with Crippen molar-refractivity contribution in [2.24, 2.45) is 0 Å². The van der Waals surface area contributed by atoms with Gasteiger partial charge in [0, 0.05) is 59.7 Å². The SMILES string of the molecule is [C-]#[N+]c1c(-c2ccccc2)c(-c2ccc(-c3ccccc3)cc2)c(-c2ccccc2)c(C#N)c1-n1c2ccccc2c2cc3c(cc21)C(C)(C)c1ccccc1-3.[C-]#[N+]c1c(-c2ccccc2)c(C)c(-c2ccccc2)c(C#N)c1-n1c2ccccc2c2cc3c(cc21)C(C)(C)c1ccccc1-3.[C-]#[N+]c1c(-c2ccccc2)cc(-c2ccccc2)c(C#N)c1-n1c2ccccc2c2cc3c(cc21)C(C)(C)c1ccccc1-3. The summed E-state index contributed by atoms with van der Waals surface area (Å²) in [5.74, 6) is 0. The lowest BCUT2D eigenvalue weighted by atomic mass is 9.82. The molecule has 0 atom stereocenters. The lowest BCUT2D eigenvalue weighted by Gasteiger charge is -2.25. The Bertz CT molecular complexity index is 9380. The summed E-state index contributed by atoms with van der Waals surface area (Å²) in [7, 11) is 0. The molecule has 3 aromatic heterocycles. The quantitative estimate of drug-likeness (QED) is 0.121. The lowest BCUT2D eigenvalue weighted by molar-refractivity contribution is 0.661. The maximum atomic E-state index is 11.5. The van der Waals surface area contributed by atoms with Gasteiger partial charge in [-0.25, -0.2) is 14.5 Å². The van der Waals surface area contributed by atoms with Crippen molar-refractivity contribution >= 4 is 82.5 Å². The highest BCUT2D eigenvalue weighted by molar-refractivity contribution is 6.18. The molecule has 0 aliphatic heterocycles. The van der Waals surface area contributed by atoms with Crippen LogP contribution in [0.1, 0.15) is 97.2 Å². The molecule has 9 heteroatoms. The van der Waals surface area contributed by atoms with Gasteiger partial charge in [-0.1, -0.05) is 412 Å². The molecular formula is C136H91N9. The molecule has 0 amide bonds. The molecule has 0 saturated carbocycles. The molecule has 20 aromatic carbocycles. The molecule has 3 aliphatic rings. The third-order valence-corrected chi connectivity index (χ3v) is 30.6. The van der Waals surface area contributed by atoms with Gasteiger partial charge in [0.15, 0.2) is 0 Å². The van der Waals surface area contributed by atoms with Crippen LogP contribution in [0.5, 0.6) is 0 Å². The minimum atomic E-state index is -0.234. The first-order valence-corrected chi connectivity index (χ1v) is 49.0. The van der Waals surface area contributed by atoms with Crippen LogP contribution in [0.2, 0.25) is 0 Å². The highest BCUT2D eigenvalue weighted by Gasteiger charge is 2.42. The molecule has 3 aliphatic carbocycles. The third kappa shape index (κ3) is 13.8. The minimum absolute atomic E-state index is 0.191. The van der Waals surface area contributed by atoms with Gasteiger partial charge < -0.3 is 13.7 Å². The molecule has 9 nitrogen and oxygen atoms in total. The normalized spacial score (nSPS) is 12.8. The molecule has 0 saturated heterocycles. The highest BCUT2D eigenvalue weighted by atomic mass is 15.0. The summed E-state index contributed by atoms with van der Waals surface area (Å²) in [5, 5.41) is 40.0. The number of fused-ring (bicyclic) bond motifs is 18. The van der Waals surface area contributed by atoms with E-state index in [-0.39, 0.29) is 16.2 Å². The number of aromatic nitrogens is 3. The Balaban J connectivity index is 0.000000118. The molecule has 0 radical (unpaired) electrons. The van der Waals surface area contributed by atoms with Crippen LogP contribution < -0.4 is 0 Å². The van der Waals surface area contributed by atoms with E-state index in [9.17, 15) is 15.8 Å². The summed E-state index contributed by atoms with van der Waals surface area (Å²) in [6, 6.07) is 155. The van der Waals surface area contributed by atoms with Crippen LogP contribution >= 0.6 is 0 Å². The Morgan fingerprint density at radius 2 is 0.476 bits per heavy atom. The monoisotopic (exact) mass is 1850 g/mol. The van der Waals surface area contributed by atoms with Crippen LogP contribution in [-0.2, 0) is 16.2 Å². The predicted molar refractivity (Wildman–Crippen MR) is 596 cm³/mol. The average molecular weight is 1850 g/mol. The summed E-state index contributed by atoms with van der Waals surface area (Å²) in [6.45, 7) is 41.9. The Kier molecular flexibility index (Phi) is 21.3. The number of hydrogen-bond acceptors (Lipinski definition) is 3. The van der Waals surface area contributed by atoms with Gasteiger partial charge in [-0.3, -0.25) is 0 Å². The second-order valence-electron chi connectivity index (χ2n) is 39.3. The van der Waals surface area contributed by atoms with E-state index in [1.165, 1.54) is 66.8 Å². The fourth-order valence-electron chi connectivity index (χ4n) is 23.9. The van der Waals surface area contributed by atoms with E-state index in [4.69, 9.17) is 19.7 Å². The van der Waals surface area contributed by atoms with Crippen molar-refractivity contribution in [2.45, 2.75) is 64.7 Å². The molecule has 3 heterocycles. The van der Waals surface area contributed by atoms with Gasteiger partial charge in [0.1, 0.15) is 18.2 Å². The first kappa shape index (κ1) is 88.4. The van der Waals surface area contributed by atoms with Gasteiger partial charge in [-0.2, -0.15) is 15.8 Å². The number of nitrogens with zero attached hydrogens (tertiary/aromatic N) is 9. The maximum absolute atomic E-state index is 11.5. The Morgan fingerprint density at radius 1 is 0.207 bits per heavy atom. The number of para-hydroxylation sites is 3. The first-order chi connectivity index (χ1) is 71.0. The van der Waals surface area contributed by atoms with Gasteiger partial charge in [-0.15, -0.1) is 0 Å². The Labute approximate surface area is 843 Å². The smallest absolute Gasteiger partial charge is 0.220 e. The fraction of sp³-hybridized carbons (Fsp3) is 0.0735. The van der Waals surface area contributed by atoms with E-state index in [2.05, 4.69) is 337 Å². The van der Waals surface area contributed by atoms with Gasteiger partial charge in [0.25, 0.3) is 0 Å². The van der Waals surface area contributed by atoms with Crippen molar-refractivity contribution in [3.05, 3.63) is 515 Å². The second kappa shape index (κ2) is 35.0.